The van der Waals surface area contributed by atoms with E-state index in [1.165, 1.54) is 0 Å². The molecule has 0 spiro atoms. The molecule has 0 radical (unpaired) electrons. The number of carbonyl (C=O) groups is 1. The van der Waals surface area contributed by atoms with E-state index in [9.17, 15) is 4.79 Å². The van der Waals surface area contributed by atoms with Crippen molar-refractivity contribution in [1.29, 1.82) is 0 Å². The molecule has 1 unspecified atom stereocenters. The standard InChI is InChI=1S/C14H21NO2/c1-4-11(9-15)14(16)12-5-7-13(8-6-12)17-10(2)3/h5-8,10-11H,4,9,15H2,1-3H3. The maximum absolute atomic E-state index is 12.0. The molecule has 0 saturated heterocycles. The zero-order valence-electron chi connectivity index (χ0n) is 10.8. The predicted molar refractivity (Wildman–Crippen MR) is 69.4 cm³/mol. The lowest BCUT2D eigenvalue weighted by Crippen LogP contribution is -2.23. The third-order valence-electron chi connectivity index (χ3n) is 2.66. The van der Waals surface area contributed by atoms with Gasteiger partial charge in [0.2, 0.25) is 0 Å². The van der Waals surface area contributed by atoms with Crippen LogP contribution in [0.15, 0.2) is 24.3 Å². The van der Waals surface area contributed by atoms with Gasteiger partial charge in [0.05, 0.1) is 6.10 Å². The molecule has 1 rings (SSSR count). The van der Waals surface area contributed by atoms with Gasteiger partial charge in [0, 0.05) is 18.0 Å². The Hall–Kier alpha value is -1.35. The first kappa shape index (κ1) is 13.7. The minimum atomic E-state index is -0.0770. The first-order valence-electron chi connectivity index (χ1n) is 6.09. The van der Waals surface area contributed by atoms with Gasteiger partial charge < -0.3 is 10.5 Å². The smallest absolute Gasteiger partial charge is 0.167 e. The Bertz CT molecular complexity index is 353. The summed E-state index contributed by atoms with van der Waals surface area (Å²) in [5.41, 5.74) is 6.28. The molecule has 0 saturated carbocycles. The van der Waals surface area contributed by atoms with Crippen LogP contribution in [0.5, 0.6) is 5.75 Å². The molecule has 94 valence electrons. The Morgan fingerprint density at radius 2 is 1.88 bits per heavy atom. The van der Waals surface area contributed by atoms with Crippen molar-refractivity contribution >= 4 is 5.78 Å². The highest BCUT2D eigenvalue weighted by molar-refractivity contribution is 5.98. The van der Waals surface area contributed by atoms with Gasteiger partial charge in [-0.2, -0.15) is 0 Å². The van der Waals surface area contributed by atoms with Crippen molar-refractivity contribution in [3.05, 3.63) is 29.8 Å². The molecule has 3 nitrogen and oxygen atoms in total. The molecule has 17 heavy (non-hydrogen) atoms. The van der Waals surface area contributed by atoms with E-state index in [0.29, 0.717) is 12.1 Å². The molecule has 3 heteroatoms. The summed E-state index contributed by atoms with van der Waals surface area (Å²) in [5, 5.41) is 0. The van der Waals surface area contributed by atoms with Crippen molar-refractivity contribution in [3.8, 4) is 5.75 Å². The van der Waals surface area contributed by atoms with Crippen molar-refractivity contribution in [2.75, 3.05) is 6.54 Å². The number of ether oxygens (including phenoxy) is 1. The second-order valence-electron chi connectivity index (χ2n) is 4.40. The van der Waals surface area contributed by atoms with E-state index in [1.807, 2.05) is 32.9 Å². The molecule has 1 atom stereocenters. The Kier molecular flexibility index (Phi) is 5.16. The van der Waals surface area contributed by atoms with Crippen LogP contribution in [0.2, 0.25) is 0 Å². The quantitative estimate of drug-likeness (QED) is 0.771. The van der Waals surface area contributed by atoms with Crippen LogP contribution < -0.4 is 10.5 Å². The average Bonchev–Trinajstić information content (AvgIpc) is 2.30. The van der Waals surface area contributed by atoms with Gasteiger partial charge in [-0.15, -0.1) is 0 Å². The van der Waals surface area contributed by atoms with Crippen LogP contribution in [0.1, 0.15) is 37.6 Å². The molecule has 0 aliphatic carbocycles. The molecule has 0 aliphatic heterocycles. The first-order valence-corrected chi connectivity index (χ1v) is 6.09. The van der Waals surface area contributed by atoms with Gasteiger partial charge in [0.15, 0.2) is 5.78 Å². The molecule has 0 aromatic heterocycles. The average molecular weight is 235 g/mol. The number of hydrogen-bond acceptors (Lipinski definition) is 3. The summed E-state index contributed by atoms with van der Waals surface area (Å²) in [6.45, 7) is 6.33. The number of carbonyl (C=O) groups excluding carboxylic acids is 1. The second-order valence-corrected chi connectivity index (χ2v) is 4.40. The highest BCUT2D eigenvalue weighted by Gasteiger charge is 2.16. The van der Waals surface area contributed by atoms with Crippen molar-refractivity contribution in [2.24, 2.45) is 11.7 Å². The van der Waals surface area contributed by atoms with E-state index in [2.05, 4.69) is 0 Å². The number of rotatable bonds is 6. The summed E-state index contributed by atoms with van der Waals surface area (Å²) in [6.07, 6.45) is 0.920. The number of ketones is 1. The lowest BCUT2D eigenvalue weighted by atomic mass is 9.95. The lowest BCUT2D eigenvalue weighted by Gasteiger charge is -2.12. The van der Waals surface area contributed by atoms with Gasteiger partial charge in [-0.05, 0) is 44.5 Å². The number of hydrogen-bond donors (Lipinski definition) is 1. The highest BCUT2D eigenvalue weighted by Crippen LogP contribution is 2.17. The number of benzene rings is 1. The van der Waals surface area contributed by atoms with Crippen molar-refractivity contribution < 1.29 is 9.53 Å². The molecule has 1 aromatic rings. The lowest BCUT2D eigenvalue weighted by molar-refractivity contribution is 0.0921. The molecule has 0 amide bonds. The Labute approximate surface area is 103 Å². The zero-order valence-corrected chi connectivity index (χ0v) is 10.8. The monoisotopic (exact) mass is 235 g/mol. The van der Waals surface area contributed by atoms with Crippen LogP contribution in [0, 0.1) is 5.92 Å². The van der Waals surface area contributed by atoms with Gasteiger partial charge in [-0.25, -0.2) is 0 Å². The van der Waals surface area contributed by atoms with E-state index in [-0.39, 0.29) is 17.8 Å². The molecule has 0 bridgehead atoms. The number of Topliss-reactive ketones (excluding diaryl/α,β-unsaturated/α-hetero) is 1. The Balaban J connectivity index is 2.76. The normalized spacial score (nSPS) is 12.5. The van der Waals surface area contributed by atoms with Gasteiger partial charge in [0.25, 0.3) is 0 Å². The van der Waals surface area contributed by atoms with Crippen LogP contribution in [-0.4, -0.2) is 18.4 Å². The maximum atomic E-state index is 12.0. The van der Waals surface area contributed by atoms with Gasteiger partial charge >= 0.3 is 0 Å². The molecule has 0 aliphatic rings. The third kappa shape index (κ3) is 3.86. The minimum absolute atomic E-state index is 0.0770. The predicted octanol–water partition coefficient (Wildman–Crippen LogP) is 2.64. The largest absolute Gasteiger partial charge is 0.491 e. The van der Waals surface area contributed by atoms with E-state index < -0.39 is 0 Å². The zero-order chi connectivity index (χ0) is 12.8. The summed E-state index contributed by atoms with van der Waals surface area (Å²) in [7, 11) is 0. The Morgan fingerprint density at radius 1 is 1.29 bits per heavy atom. The topological polar surface area (TPSA) is 52.3 Å². The molecule has 1 aromatic carbocycles. The minimum Gasteiger partial charge on any atom is -0.491 e. The highest BCUT2D eigenvalue weighted by atomic mass is 16.5. The van der Waals surface area contributed by atoms with Crippen LogP contribution >= 0.6 is 0 Å². The third-order valence-corrected chi connectivity index (χ3v) is 2.66. The van der Waals surface area contributed by atoms with Crippen LogP contribution in [0.3, 0.4) is 0 Å². The summed E-state index contributed by atoms with van der Waals surface area (Å²) in [4.78, 5) is 12.0. The van der Waals surface area contributed by atoms with Gasteiger partial charge in [0.1, 0.15) is 5.75 Å². The van der Waals surface area contributed by atoms with E-state index in [0.717, 1.165) is 12.2 Å². The van der Waals surface area contributed by atoms with Crippen LogP contribution in [0.25, 0.3) is 0 Å². The van der Waals surface area contributed by atoms with E-state index >= 15 is 0 Å². The van der Waals surface area contributed by atoms with E-state index in [4.69, 9.17) is 10.5 Å². The molecule has 0 fully saturated rings. The summed E-state index contributed by atoms with van der Waals surface area (Å²) in [5.74, 6) is 0.829. The number of nitrogens with two attached hydrogens (primary N) is 1. The summed E-state index contributed by atoms with van der Waals surface area (Å²) in [6, 6.07) is 7.27. The SMILES string of the molecule is CCC(CN)C(=O)c1ccc(OC(C)C)cc1. The van der Waals surface area contributed by atoms with Crippen LogP contribution in [-0.2, 0) is 0 Å². The summed E-state index contributed by atoms with van der Waals surface area (Å²) >= 11 is 0. The molecular formula is C14H21NO2. The molecule has 2 N–H and O–H groups in total. The second kappa shape index (κ2) is 6.40. The molecule has 0 heterocycles. The fourth-order valence-electron chi connectivity index (χ4n) is 1.66. The van der Waals surface area contributed by atoms with E-state index in [1.54, 1.807) is 12.1 Å². The maximum Gasteiger partial charge on any atom is 0.167 e. The first-order chi connectivity index (χ1) is 8.08. The van der Waals surface area contributed by atoms with Gasteiger partial charge in [-0.1, -0.05) is 6.92 Å². The molecular weight excluding hydrogens is 214 g/mol. The van der Waals surface area contributed by atoms with Crippen molar-refractivity contribution in [2.45, 2.75) is 33.3 Å². The fraction of sp³-hybridized carbons (Fsp3) is 0.500. The van der Waals surface area contributed by atoms with Crippen molar-refractivity contribution in [3.63, 3.8) is 0 Å². The van der Waals surface area contributed by atoms with Gasteiger partial charge in [-0.3, -0.25) is 4.79 Å². The van der Waals surface area contributed by atoms with Crippen LogP contribution in [0.4, 0.5) is 0 Å². The fourth-order valence-corrected chi connectivity index (χ4v) is 1.66. The Morgan fingerprint density at radius 3 is 2.29 bits per heavy atom. The van der Waals surface area contributed by atoms with Crippen molar-refractivity contribution in [1.82, 2.24) is 0 Å². The summed E-state index contributed by atoms with van der Waals surface area (Å²) < 4.78 is 5.53.